The van der Waals surface area contributed by atoms with Crippen LogP contribution in [-0.2, 0) is 30.8 Å². The number of hydrogen-bond donors (Lipinski definition) is 0. The van der Waals surface area contributed by atoms with Gasteiger partial charge in [-0.05, 0) is 70.0 Å². The zero-order valence-electron chi connectivity index (χ0n) is 19.1. The third-order valence-corrected chi connectivity index (χ3v) is 7.20. The third kappa shape index (κ3) is 6.57. The van der Waals surface area contributed by atoms with E-state index in [1.807, 2.05) is 0 Å². The molecule has 0 saturated heterocycles. The molecule has 178 valence electrons. The number of fused-ring (bicyclic) bond motifs is 1. The minimum absolute atomic E-state index is 0.00306. The van der Waals surface area contributed by atoms with Gasteiger partial charge in [-0.2, -0.15) is 0 Å². The van der Waals surface area contributed by atoms with Crippen LogP contribution in [-0.4, -0.2) is 38.4 Å². The highest BCUT2D eigenvalue weighted by Crippen LogP contribution is 2.39. The van der Waals surface area contributed by atoms with Crippen LogP contribution in [0, 0.1) is 0 Å². The van der Waals surface area contributed by atoms with Crippen molar-refractivity contribution in [1.82, 2.24) is 0 Å². The predicted molar refractivity (Wildman–Crippen MR) is 129 cm³/mol. The minimum Gasteiger partial charge on any atom is -0.486 e. The first-order valence-corrected chi connectivity index (χ1v) is 12.9. The van der Waals surface area contributed by atoms with E-state index >= 15 is 0 Å². The van der Waals surface area contributed by atoms with Crippen molar-refractivity contribution in [3.8, 4) is 5.75 Å². The van der Waals surface area contributed by atoms with Crippen LogP contribution in [0.5, 0.6) is 5.75 Å². The number of carbonyl (C=O) groups is 2. The van der Waals surface area contributed by atoms with Crippen molar-refractivity contribution in [2.75, 3.05) is 10.8 Å². The molecule has 0 N–H and O–H groups in total. The average Bonchev–Trinajstić information content (AvgIpc) is 2.70. The SMILES string of the molecule is CC(=O)CC[C@H]1CN(S(=O)(=O)c2cccc(Br)c2)c2cc(CC(=O)OC(C)(C)C)ccc2O1. The predicted octanol–water partition coefficient (Wildman–Crippen LogP) is 4.66. The van der Waals surface area contributed by atoms with E-state index in [4.69, 9.17) is 9.47 Å². The number of rotatable bonds is 7. The monoisotopic (exact) mass is 537 g/mol. The van der Waals surface area contributed by atoms with Crippen molar-refractivity contribution >= 4 is 43.4 Å². The molecule has 0 aromatic heterocycles. The van der Waals surface area contributed by atoms with E-state index in [9.17, 15) is 18.0 Å². The molecule has 2 aromatic carbocycles. The highest BCUT2D eigenvalue weighted by Gasteiger charge is 2.35. The molecule has 0 radical (unpaired) electrons. The Morgan fingerprint density at radius 2 is 1.91 bits per heavy atom. The Kier molecular flexibility index (Phi) is 7.53. The van der Waals surface area contributed by atoms with Crippen LogP contribution in [0.1, 0.15) is 46.1 Å². The Balaban J connectivity index is 1.99. The first-order chi connectivity index (χ1) is 15.3. The molecule has 1 aliphatic rings. The van der Waals surface area contributed by atoms with Gasteiger partial charge in [-0.1, -0.05) is 28.1 Å². The zero-order chi connectivity index (χ0) is 24.4. The number of nitrogens with zero attached hydrogens (tertiary/aromatic N) is 1. The van der Waals surface area contributed by atoms with Gasteiger partial charge in [0.05, 0.1) is 23.5 Å². The standard InChI is InChI=1S/C24H28BrNO6S/c1-16(27)8-10-19-15-26(33(29,30)20-7-5-6-18(25)14-20)21-12-17(9-11-22(21)31-19)13-23(28)32-24(2,3)4/h5-7,9,11-12,14,19H,8,10,13,15H2,1-4H3/t19-/m0/s1. The fourth-order valence-electron chi connectivity index (χ4n) is 3.51. The first kappa shape index (κ1) is 25.2. The second-order valence-corrected chi connectivity index (χ2v) is 11.8. The Morgan fingerprint density at radius 3 is 2.55 bits per heavy atom. The van der Waals surface area contributed by atoms with Gasteiger partial charge in [0.15, 0.2) is 0 Å². The number of sulfonamides is 1. The van der Waals surface area contributed by atoms with Gasteiger partial charge in [0.2, 0.25) is 0 Å². The van der Waals surface area contributed by atoms with E-state index in [2.05, 4.69) is 15.9 Å². The van der Waals surface area contributed by atoms with Crippen LogP contribution in [0.15, 0.2) is 51.8 Å². The van der Waals surface area contributed by atoms with Crippen molar-refractivity contribution in [1.29, 1.82) is 0 Å². The van der Waals surface area contributed by atoms with E-state index < -0.39 is 27.7 Å². The smallest absolute Gasteiger partial charge is 0.310 e. The molecule has 0 fully saturated rings. The van der Waals surface area contributed by atoms with Crippen LogP contribution in [0.25, 0.3) is 0 Å². The Labute approximate surface area is 203 Å². The average molecular weight is 538 g/mol. The summed E-state index contributed by atoms with van der Waals surface area (Å²) in [6.45, 7) is 6.93. The Hall–Kier alpha value is -2.39. The molecule has 0 unspecified atom stereocenters. The molecule has 1 aliphatic heterocycles. The van der Waals surface area contributed by atoms with Gasteiger partial charge in [0.1, 0.15) is 23.2 Å². The maximum atomic E-state index is 13.6. The number of carbonyl (C=O) groups excluding carboxylic acids is 2. The van der Waals surface area contributed by atoms with Gasteiger partial charge in [0, 0.05) is 10.9 Å². The lowest BCUT2D eigenvalue weighted by Gasteiger charge is -2.36. The number of halogens is 1. The summed E-state index contributed by atoms with van der Waals surface area (Å²) in [5.74, 6) is -0.000255. The molecule has 0 saturated carbocycles. The summed E-state index contributed by atoms with van der Waals surface area (Å²) in [4.78, 5) is 23.9. The number of ketones is 1. The van der Waals surface area contributed by atoms with Crippen molar-refractivity contribution < 1.29 is 27.5 Å². The Bertz CT molecular complexity index is 1160. The quantitative estimate of drug-likeness (QED) is 0.477. The summed E-state index contributed by atoms with van der Waals surface area (Å²) < 4.78 is 40.6. The summed E-state index contributed by atoms with van der Waals surface area (Å²) in [6.07, 6.45) is 0.226. The molecule has 0 amide bonds. The summed E-state index contributed by atoms with van der Waals surface area (Å²) in [5.41, 5.74) is 0.354. The third-order valence-electron chi connectivity index (χ3n) is 4.93. The lowest BCUT2D eigenvalue weighted by molar-refractivity contribution is -0.153. The lowest BCUT2D eigenvalue weighted by Crippen LogP contribution is -2.43. The molecule has 0 spiro atoms. The normalized spacial score (nSPS) is 16.0. The first-order valence-electron chi connectivity index (χ1n) is 10.6. The zero-order valence-corrected chi connectivity index (χ0v) is 21.5. The fourth-order valence-corrected chi connectivity index (χ4v) is 5.60. The van der Waals surface area contributed by atoms with Gasteiger partial charge < -0.3 is 14.3 Å². The molecule has 9 heteroatoms. The molecule has 33 heavy (non-hydrogen) atoms. The number of esters is 1. The van der Waals surface area contributed by atoms with E-state index in [1.165, 1.54) is 17.3 Å². The summed E-state index contributed by atoms with van der Waals surface area (Å²) in [5, 5.41) is 0. The second-order valence-electron chi connectivity index (χ2n) is 9.04. The summed E-state index contributed by atoms with van der Waals surface area (Å²) in [7, 11) is -3.92. The fraction of sp³-hybridized carbons (Fsp3) is 0.417. The lowest BCUT2D eigenvalue weighted by atomic mass is 10.1. The van der Waals surface area contributed by atoms with Crippen molar-refractivity contribution in [2.45, 2.75) is 63.6 Å². The van der Waals surface area contributed by atoms with Crippen LogP contribution in [0.3, 0.4) is 0 Å². The molecule has 1 heterocycles. The van der Waals surface area contributed by atoms with E-state index in [0.717, 1.165) is 0 Å². The van der Waals surface area contributed by atoms with Crippen LogP contribution in [0.4, 0.5) is 5.69 Å². The van der Waals surface area contributed by atoms with Gasteiger partial charge >= 0.3 is 5.97 Å². The van der Waals surface area contributed by atoms with E-state index in [1.54, 1.807) is 57.2 Å². The second kappa shape index (κ2) is 9.85. The largest absolute Gasteiger partial charge is 0.486 e. The van der Waals surface area contributed by atoms with E-state index in [-0.39, 0.29) is 23.6 Å². The van der Waals surface area contributed by atoms with Gasteiger partial charge in [-0.3, -0.25) is 9.10 Å². The molecule has 2 aromatic rings. The molecule has 0 aliphatic carbocycles. The number of Topliss-reactive ketones (excluding diaryl/α,β-unsaturated/α-hetero) is 1. The van der Waals surface area contributed by atoms with Gasteiger partial charge in [0.25, 0.3) is 10.0 Å². The maximum Gasteiger partial charge on any atom is 0.310 e. The van der Waals surface area contributed by atoms with Crippen molar-refractivity contribution in [2.24, 2.45) is 0 Å². The molecule has 0 bridgehead atoms. The van der Waals surface area contributed by atoms with Crippen LogP contribution in [0.2, 0.25) is 0 Å². The molecule has 3 rings (SSSR count). The van der Waals surface area contributed by atoms with Crippen LogP contribution >= 0.6 is 15.9 Å². The maximum absolute atomic E-state index is 13.6. The topological polar surface area (TPSA) is 90.0 Å². The Morgan fingerprint density at radius 1 is 1.18 bits per heavy atom. The summed E-state index contributed by atoms with van der Waals surface area (Å²) >= 11 is 3.33. The molecule has 1 atom stereocenters. The van der Waals surface area contributed by atoms with Gasteiger partial charge in [-0.25, -0.2) is 8.42 Å². The number of anilines is 1. The minimum atomic E-state index is -3.92. The summed E-state index contributed by atoms with van der Waals surface area (Å²) in [6, 6.07) is 11.5. The number of hydrogen-bond acceptors (Lipinski definition) is 6. The number of ether oxygens (including phenoxy) is 2. The van der Waals surface area contributed by atoms with Crippen LogP contribution < -0.4 is 9.04 Å². The van der Waals surface area contributed by atoms with Gasteiger partial charge in [-0.15, -0.1) is 0 Å². The van der Waals surface area contributed by atoms with E-state index in [0.29, 0.717) is 34.3 Å². The highest BCUT2D eigenvalue weighted by atomic mass is 79.9. The number of benzene rings is 2. The molecular weight excluding hydrogens is 510 g/mol. The van der Waals surface area contributed by atoms with Crippen molar-refractivity contribution in [3.63, 3.8) is 0 Å². The van der Waals surface area contributed by atoms with Crippen molar-refractivity contribution in [3.05, 3.63) is 52.5 Å². The molecular formula is C24H28BrNO6S. The highest BCUT2D eigenvalue weighted by molar-refractivity contribution is 9.10. The molecule has 7 nitrogen and oxygen atoms in total.